The third kappa shape index (κ3) is 2.08. The number of hydrogen-bond donors (Lipinski definition) is 0. The molecule has 1 aliphatic carbocycles. The van der Waals surface area contributed by atoms with Crippen LogP contribution in [0.2, 0.25) is 0 Å². The summed E-state index contributed by atoms with van der Waals surface area (Å²) >= 11 is 0. The minimum absolute atomic E-state index is 0.417. The highest BCUT2D eigenvalue weighted by Gasteiger charge is 2.44. The van der Waals surface area contributed by atoms with Crippen molar-refractivity contribution in [1.29, 1.82) is 0 Å². The molecule has 0 N–H and O–H groups in total. The van der Waals surface area contributed by atoms with E-state index in [-0.39, 0.29) is 0 Å². The molecule has 2 heterocycles. The van der Waals surface area contributed by atoms with Crippen molar-refractivity contribution in [3.63, 3.8) is 0 Å². The van der Waals surface area contributed by atoms with Crippen LogP contribution in [-0.4, -0.2) is 18.9 Å². The van der Waals surface area contributed by atoms with Gasteiger partial charge in [-0.05, 0) is 43.4 Å². The van der Waals surface area contributed by atoms with Crippen LogP contribution in [0.15, 0.2) is 29.3 Å². The standard InChI is InChI=1S/C15H19NO/c1-2-12-3-5-14(6-4-12)17-11-15-7-8-16-13(9-15)10-15/h3-6H,2,7-11H2,1H3. The van der Waals surface area contributed by atoms with Gasteiger partial charge in [0.15, 0.2) is 0 Å². The summed E-state index contributed by atoms with van der Waals surface area (Å²) in [7, 11) is 0. The molecule has 1 fully saturated rings. The highest BCUT2D eigenvalue weighted by atomic mass is 16.5. The summed E-state index contributed by atoms with van der Waals surface area (Å²) in [5.74, 6) is 1.01. The van der Waals surface area contributed by atoms with E-state index in [1.165, 1.54) is 30.5 Å². The van der Waals surface area contributed by atoms with E-state index < -0.39 is 0 Å². The lowest BCUT2D eigenvalue weighted by Crippen LogP contribution is -2.46. The highest BCUT2D eigenvalue weighted by molar-refractivity contribution is 5.92. The number of nitrogens with zero attached hydrogens (tertiary/aromatic N) is 1. The van der Waals surface area contributed by atoms with Gasteiger partial charge in [0.1, 0.15) is 5.75 Å². The second-order valence-electron chi connectivity index (χ2n) is 5.34. The zero-order valence-corrected chi connectivity index (χ0v) is 10.4. The molecule has 4 rings (SSSR count). The van der Waals surface area contributed by atoms with Crippen LogP contribution in [-0.2, 0) is 6.42 Å². The predicted octanol–water partition coefficient (Wildman–Crippen LogP) is 3.25. The summed E-state index contributed by atoms with van der Waals surface area (Å²) in [6.07, 6.45) is 4.62. The lowest BCUT2D eigenvalue weighted by atomic mass is 9.64. The molecule has 1 saturated carbocycles. The van der Waals surface area contributed by atoms with E-state index in [1.54, 1.807) is 0 Å². The molecule has 0 aromatic heterocycles. The van der Waals surface area contributed by atoms with Gasteiger partial charge in [0.25, 0.3) is 0 Å². The van der Waals surface area contributed by atoms with E-state index >= 15 is 0 Å². The van der Waals surface area contributed by atoms with Crippen molar-refractivity contribution < 1.29 is 4.74 Å². The summed E-state index contributed by atoms with van der Waals surface area (Å²) < 4.78 is 5.93. The lowest BCUT2D eigenvalue weighted by Gasteiger charge is -2.45. The number of aliphatic imine (C=N–C) groups is 1. The van der Waals surface area contributed by atoms with Gasteiger partial charge in [-0.25, -0.2) is 0 Å². The van der Waals surface area contributed by atoms with Crippen LogP contribution in [0.3, 0.4) is 0 Å². The summed E-state index contributed by atoms with van der Waals surface area (Å²) in [5, 5.41) is 0. The molecule has 2 aliphatic heterocycles. The molecular formula is C15H19NO. The largest absolute Gasteiger partial charge is 0.493 e. The maximum atomic E-state index is 5.93. The molecule has 2 bridgehead atoms. The normalized spacial score (nSPS) is 20.4. The first-order chi connectivity index (χ1) is 8.30. The fourth-order valence-electron chi connectivity index (χ4n) is 2.79. The Balaban J connectivity index is 1.59. The van der Waals surface area contributed by atoms with Crippen LogP contribution in [0.1, 0.15) is 31.7 Å². The summed E-state index contributed by atoms with van der Waals surface area (Å²) in [6.45, 7) is 4.04. The third-order valence-electron chi connectivity index (χ3n) is 4.01. The zero-order chi connectivity index (χ0) is 11.7. The SMILES string of the molecule is CCc1ccc(OCC23CCN=C(C2)C3)cc1. The van der Waals surface area contributed by atoms with Crippen LogP contribution in [0.4, 0.5) is 0 Å². The molecule has 3 aliphatic rings. The Morgan fingerprint density at radius 1 is 1.24 bits per heavy atom. The highest BCUT2D eigenvalue weighted by Crippen LogP contribution is 2.45. The van der Waals surface area contributed by atoms with Gasteiger partial charge in [-0.1, -0.05) is 19.1 Å². The van der Waals surface area contributed by atoms with Gasteiger partial charge < -0.3 is 4.74 Å². The lowest BCUT2D eigenvalue weighted by molar-refractivity contribution is 0.114. The third-order valence-corrected chi connectivity index (χ3v) is 4.01. The first-order valence-corrected chi connectivity index (χ1v) is 6.54. The van der Waals surface area contributed by atoms with Crippen LogP contribution >= 0.6 is 0 Å². The Labute approximate surface area is 103 Å². The Bertz CT molecular complexity index is 425. The van der Waals surface area contributed by atoms with Gasteiger partial charge in [0.2, 0.25) is 0 Å². The fraction of sp³-hybridized carbons (Fsp3) is 0.533. The smallest absolute Gasteiger partial charge is 0.119 e. The molecule has 1 aromatic carbocycles. The van der Waals surface area contributed by atoms with Crippen molar-refractivity contribution in [1.82, 2.24) is 0 Å². The van der Waals surface area contributed by atoms with Gasteiger partial charge in [0, 0.05) is 17.7 Å². The van der Waals surface area contributed by atoms with Crippen molar-refractivity contribution in [2.45, 2.75) is 32.6 Å². The van der Waals surface area contributed by atoms with Crippen molar-refractivity contribution in [3.8, 4) is 5.75 Å². The number of fused-ring (bicyclic) bond motifs is 2. The fourth-order valence-corrected chi connectivity index (χ4v) is 2.79. The molecule has 0 atom stereocenters. The maximum absolute atomic E-state index is 5.93. The Morgan fingerprint density at radius 3 is 2.59 bits per heavy atom. The van der Waals surface area contributed by atoms with E-state index in [4.69, 9.17) is 4.74 Å². The molecule has 0 unspecified atom stereocenters. The van der Waals surface area contributed by atoms with Gasteiger partial charge in [-0.3, -0.25) is 4.99 Å². The summed E-state index contributed by atoms with van der Waals surface area (Å²) in [4.78, 5) is 4.48. The maximum Gasteiger partial charge on any atom is 0.119 e. The first kappa shape index (κ1) is 10.8. The van der Waals surface area contributed by atoms with E-state index in [0.29, 0.717) is 5.41 Å². The van der Waals surface area contributed by atoms with E-state index in [9.17, 15) is 0 Å². The minimum atomic E-state index is 0.417. The number of ether oxygens (including phenoxy) is 1. The first-order valence-electron chi connectivity index (χ1n) is 6.54. The van der Waals surface area contributed by atoms with Crippen molar-refractivity contribution in [2.75, 3.05) is 13.2 Å². The van der Waals surface area contributed by atoms with Crippen LogP contribution in [0.5, 0.6) is 5.75 Å². The monoisotopic (exact) mass is 229 g/mol. The number of benzene rings is 1. The van der Waals surface area contributed by atoms with E-state index in [0.717, 1.165) is 25.3 Å². The van der Waals surface area contributed by atoms with Crippen LogP contribution < -0.4 is 4.74 Å². The van der Waals surface area contributed by atoms with Crippen molar-refractivity contribution >= 4 is 5.71 Å². The molecule has 0 amide bonds. The molecule has 2 heteroatoms. The van der Waals surface area contributed by atoms with Crippen LogP contribution in [0.25, 0.3) is 0 Å². The molecule has 1 aromatic rings. The van der Waals surface area contributed by atoms with Gasteiger partial charge in [-0.2, -0.15) is 0 Å². The average molecular weight is 229 g/mol. The average Bonchev–Trinajstić information content (AvgIpc) is 2.37. The molecule has 17 heavy (non-hydrogen) atoms. The van der Waals surface area contributed by atoms with E-state index in [1.807, 2.05) is 0 Å². The molecule has 90 valence electrons. The predicted molar refractivity (Wildman–Crippen MR) is 69.9 cm³/mol. The molecule has 0 spiro atoms. The summed E-state index contributed by atoms with van der Waals surface area (Å²) in [5.41, 5.74) is 3.19. The molecule has 0 saturated heterocycles. The topological polar surface area (TPSA) is 21.6 Å². The quantitative estimate of drug-likeness (QED) is 0.776. The molecule has 2 nitrogen and oxygen atoms in total. The molecule has 0 radical (unpaired) electrons. The van der Waals surface area contributed by atoms with Crippen molar-refractivity contribution in [2.24, 2.45) is 10.4 Å². The second-order valence-corrected chi connectivity index (χ2v) is 5.34. The number of rotatable bonds is 4. The number of aryl methyl sites for hydroxylation is 1. The Hall–Kier alpha value is -1.31. The zero-order valence-electron chi connectivity index (χ0n) is 10.4. The summed E-state index contributed by atoms with van der Waals surface area (Å²) in [6, 6.07) is 8.49. The van der Waals surface area contributed by atoms with Crippen LogP contribution in [0, 0.1) is 5.41 Å². The van der Waals surface area contributed by atoms with E-state index in [2.05, 4.69) is 36.2 Å². The van der Waals surface area contributed by atoms with Gasteiger partial charge in [0.05, 0.1) is 6.61 Å². The van der Waals surface area contributed by atoms with Gasteiger partial charge in [-0.15, -0.1) is 0 Å². The van der Waals surface area contributed by atoms with Gasteiger partial charge >= 0.3 is 0 Å². The van der Waals surface area contributed by atoms with Crippen molar-refractivity contribution in [3.05, 3.63) is 29.8 Å². The Kier molecular flexibility index (Phi) is 2.65. The molecular weight excluding hydrogens is 210 g/mol. The minimum Gasteiger partial charge on any atom is -0.493 e. The number of hydrogen-bond acceptors (Lipinski definition) is 2. The second kappa shape index (κ2) is 4.17. The Morgan fingerprint density at radius 2 is 2.00 bits per heavy atom.